The number of aromatic amines is 1. The quantitative estimate of drug-likeness (QED) is 0.466. The Labute approximate surface area is 101 Å². The fourth-order valence-corrected chi connectivity index (χ4v) is 2.00. The van der Waals surface area contributed by atoms with Gasteiger partial charge in [0.1, 0.15) is 17.8 Å². The number of H-pyrrole nitrogens is 1. The third kappa shape index (κ3) is 1.89. The number of nitrogens with zero attached hydrogens (tertiary/aromatic N) is 1. The molecule has 0 aliphatic carbocycles. The van der Waals surface area contributed by atoms with Gasteiger partial charge in [0.05, 0.1) is 6.61 Å². The van der Waals surface area contributed by atoms with Gasteiger partial charge in [-0.1, -0.05) is 0 Å². The van der Waals surface area contributed by atoms with Crippen molar-refractivity contribution in [2.24, 2.45) is 0 Å². The lowest BCUT2D eigenvalue weighted by atomic mass is 9.96. The van der Waals surface area contributed by atoms with Crippen LogP contribution in [0, 0.1) is 0 Å². The van der Waals surface area contributed by atoms with E-state index in [1.165, 1.54) is 6.92 Å². The molecule has 1 aliphatic heterocycles. The topological polar surface area (TPSA) is 125 Å². The highest BCUT2D eigenvalue weighted by molar-refractivity contribution is 5.00. The number of hydrogen-bond donors (Lipinski definition) is 4. The molecule has 0 spiro atoms. The summed E-state index contributed by atoms with van der Waals surface area (Å²) in [6, 6.07) is 1.10. The second kappa shape index (κ2) is 4.32. The van der Waals surface area contributed by atoms with Crippen molar-refractivity contribution in [3.05, 3.63) is 33.1 Å². The van der Waals surface area contributed by atoms with E-state index >= 15 is 0 Å². The van der Waals surface area contributed by atoms with E-state index in [-0.39, 0.29) is 0 Å². The van der Waals surface area contributed by atoms with Crippen molar-refractivity contribution in [2.45, 2.75) is 31.0 Å². The summed E-state index contributed by atoms with van der Waals surface area (Å²) in [6.07, 6.45) is -2.36. The Kier molecular flexibility index (Phi) is 3.11. The van der Waals surface area contributed by atoms with Gasteiger partial charge in [0.15, 0.2) is 6.23 Å². The minimum atomic E-state index is -1.75. The largest absolute Gasteiger partial charge is 0.394 e. The molecule has 4 atom stereocenters. The Bertz CT molecular complexity index is 548. The molecule has 1 saturated heterocycles. The molecule has 18 heavy (non-hydrogen) atoms. The van der Waals surface area contributed by atoms with E-state index in [1.54, 1.807) is 0 Å². The molecule has 1 aromatic rings. The molecule has 8 nitrogen and oxygen atoms in total. The third-order valence-electron chi connectivity index (χ3n) is 3.04. The Morgan fingerprint density at radius 3 is 2.72 bits per heavy atom. The highest BCUT2D eigenvalue weighted by Crippen LogP contribution is 2.36. The summed E-state index contributed by atoms with van der Waals surface area (Å²) in [7, 11) is 0. The van der Waals surface area contributed by atoms with Crippen LogP contribution in [-0.4, -0.2) is 49.3 Å². The zero-order chi connectivity index (χ0) is 13.5. The molecule has 8 heteroatoms. The standard InChI is InChI=1S/C10H14N2O6/c1-10(17)7(15)5(4-13)18-8(10)12-3-2-6(14)11-9(12)16/h2-3,5,7-8,13,15,17H,4H2,1H3,(H,11,14,16)/t5?,7-,8?,10-/m1/s1. The van der Waals surface area contributed by atoms with Gasteiger partial charge in [-0.15, -0.1) is 0 Å². The first-order chi connectivity index (χ1) is 8.37. The normalized spacial score (nSPS) is 35.9. The lowest BCUT2D eigenvalue weighted by Gasteiger charge is -2.27. The van der Waals surface area contributed by atoms with Crippen LogP contribution in [0.4, 0.5) is 0 Å². The summed E-state index contributed by atoms with van der Waals surface area (Å²) >= 11 is 0. The van der Waals surface area contributed by atoms with Crippen LogP contribution in [0.3, 0.4) is 0 Å². The Morgan fingerprint density at radius 2 is 2.22 bits per heavy atom. The number of rotatable bonds is 2. The first-order valence-corrected chi connectivity index (χ1v) is 5.36. The van der Waals surface area contributed by atoms with Gasteiger partial charge in [-0.05, 0) is 6.92 Å². The van der Waals surface area contributed by atoms with E-state index < -0.39 is 41.9 Å². The molecule has 0 aromatic carbocycles. The molecule has 2 unspecified atom stereocenters. The summed E-state index contributed by atoms with van der Waals surface area (Å²) in [4.78, 5) is 24.5. The Hall–Kier alpha value is -1.48. The smallest absolute Gasteiger partial charge is 0.330 e. The molecule has 100 valence electrons. The second-order valence-electron chi connectivity index (χ2n) is 4.40. The number of hydrogen-bond acceptors (Lipinski definition) is 6. The van der Waals surface area contributed by atoms with Crippen LogP contribution in [0.1, 0.15) is 13.2 Å². The lowest BCUT2D eigenvalue weighted by molar-refractivity contribution is -0.0987. The molecule has 0 bridgehead atoms. The summed E-state index contributed by atoms with van der Waals surface area (Å²) < 4.78 is 6.19. The molecule has 1 fully saturated rings. The predicted molar refractivity (Wildman–Crippen MR) is 58.9 cm³/mol. The maximum Gasteiger partial charge on any atom is 0.330 e. The first-order valence-electron chi connectivity index (χ1n) is 5.36. The van der Waals surface area contributed by atoms with Crippen LogP contribution in [0.5, 0.6) is 0 Å². The van der Waals surface area contributed by atoms with E-state index in [0.717, 1.165) is 16.8 Å². The van der Waals surface area contributed by atoms with Crippen molar-refractivity contribution in [3.63, 3.8) is 0 Å². The van der Waals surface area contributed by atoms with E-state index in [0.29, 0.717) is 0 Å². The molecule has 0 amide bonds. The van der Waals surface area contributed by atoms with Gasteiger partial charge in [-0.3, -0.25) is 14.3 Å². The average molecular weight is 258 g/mol. The van der Waals surface area contributed by atoms with E-state index in [1.807, 2.05) is 4.98 Å². The first kappa shape index (κ1) is 13.0. The highest BCUT2D eigenvalue weighted by atomic mass is 16.6. The molecule has 0 saturated carbocycles. The van der Waals surface area contributed by atoms with Crippen LogP contribution >= 0.6 is 0 Å². The molecule has 2 heterocycles. The molecule has 1 aliphatic rings. The maximum absolute atomic E-state index is 11.6. The number of nitrogens with one attached hydrogen (secondary N) is 1. The van der Waals surface area contributed by atoms with Crippen LogP contribution in [0.25, 0.3) is 0 Å². The lowest BCUT2D eigenvalue weighted by Crippen LogP contribution is -2.46. The van der Waals surface area contributed by atoms with Crippen molar-refractivity contribution in [3.8, 4) is 0 Å². The van der Waals surface area contributed by atoms with Gasteiger partial charge < -0.3 is 20.1 Å². The number of ether oxygens (including phenoxy) is 1. The van der Waals surface area contributed by atoms with Crippen LogP contribution in [0.2, 0.25) is 0 Å². The fourth-order valence-electron chi connectivity index (χ4n) is 2.00. The van der Waals surface area contributed by atoms with Crippen molar-refractivity contribution >= 4 is 0 Å². The highest BCUT2D eigenvalue weighted by Gasteiger charge is 2.53. The summed E-state index contributed by atoms with van der Waals surface area (Å²) in [6.45, 7) is 0.793. The minimum Gasteiger partial charge on any atom is -0.394 e. The summed E-state index contributed by atoms with van der Waals surface area (Å²) in [5, 5.41) is 28.9. The van der Waals surface area contributed by atoms with Gasteiger partial charge in [-0.25, -0.2) is 4.79 Å². The van der Waals surface area contributed by atoms with Gasteiger partial charge in [0.25, 0.3) is 5.56 Å². The zero-order valence-corrected chi connectivity index (χ0v) is 9.61. The molecule has 0 radical (unpaired) electrons. The minimum absolute atomic E-state index is 0.494. The molecule has 1 aromatic heterocycles. The van der Waals surface area contributed by atoms with Crippen LogP contribution in [-0.2, 0) is 4.74 Å². The van der Waals surface area contributed by atoms with Crippen LogP contribution < -0.4 is 11.2 Å². The second-order valence-corrected chi connectivity index (χ2v) is 4.40. The summed E-state index contributed by atoms with van der Waals surface area (Å²) in [5.74, 6) is 0. The van der Waals surface area contributed by atoms with E-state index in [4.69, 9.17) is 9.84 Å². The van der Waals surface area contributed by atoms with Crippen molar-refractivity contribution in [1.82, 2.24) is 9.55 Å². The van der Waals surface area contributed by atoms with Crippen molar-refractivity contribution in [2.75, 3.05) is 6.61 Å². The molecular formula is C10H14N2O6. The SMILES string of the molecule is C[C@]1(O)C(n2ccc(=O)[nH]c2=O)OC(CO)[C@H]1O. The van der Waals surface area contributed by atoms with Crippen LogP contribution in [0.15, 0.2) is 21.9 Å². The zero-order valence-electron chi connectivity index (χ0n) is 9.61. The number of aliphatic hydroxyl groups excluding tert-OH is 2. The molecular weight excluding hydrogens is 244 g/mol. The summed E-state index contributed by atoms with van der Waals surface area (Å²) in [5.41, 5.74) is -3.10. The number of aromatic nitrogens is 2. The van der Waals surface area contributed by atoms with Gasteiger partial charge in [0, 0.05) is 12.3 Å². The molecule has 2 rings (SSSR count). The monoisotopic (exact) mass is 258 g/mol. The van der Waals surface area contributed by atoms with Gasteiger partial charge in [-0.2, -0.15) is 0 Å². The van der Waals surface area contributed by atoms with Crippen molar-refractivity contribution in [1.29, 1.82) is 0 Å². The van der Waals surface area contributed by atoms with Gasteiger partial charge >= 0.3 is 5.69 Å². The predicted octanol–water partition coefficient (Wildman–Crippen LogP) is -2.46. The van der Waals surface area contributed by atoms with Gasteiger partial charge in [0.2, 0.25) is 0 Å². The Balaban J connectivity index is 2.45. The molecule has 4 N–H and O–H groups in total. The third-order valence-corrected chi connectivity index (χ3v) is 3.04. The van der Waals surface area contributed by atoms with E-state index in [9.17, 15) is 19.8 Å². The van der Waals surface area contributed by atoms with E-state index in [2.05, 4.69) is 0 Å². The Morgan fingerprint density at radius 1 is 1.56 bits per heavy atom. The fraction of sp³-hybridized carbons (Fsp3) is 0.600. The van der Waals surface area contributed by atoms with Crippen molar-refractivity contribution < 1.29 is 20.1 Å². The average Bonchev–Trinajstić information content (AvgIpc) is 2.52. The maximum atomic E-state index is 11.6. The number of aliphatic hydroxyl groups is 3.